The molecule has 2 aromatic carbocycles. The molecule has 2 N–H and O–H groups in total. The molecule has 1 saturated heterocycles. The van der Waals surface area contributed by atoms with Gasteiger partial charge in [-0.1, -0.05) is 41.9 Å². The molecule has 1 spiro atoms. The summed E-state index contributed by atoms with van der Waals surface area (Å²) in [6.45, 7) is 8.75. The number of hydrogen-bond acceptors (Lipinski definition) is 7. The van der Waals surface area contributed by atoms with Gasteiger partial charge in [0.2, 0.25) is 10.0 Å². The maximum Gasteiger partial charge on any atom is 0.259 e. The lowest BCUT2D eigenvalue weighted by Gasteiger charge is -2.39. The van der Waals surface area contributed by atoms with Crippen molar-refractivity contribution in [3.05, 3.63) is 82.1 Å². The van der Waals surface area contributed by atoms with E-state index < -0.39 is 21.2 Å². The highest BCUT2D eigenvalue weighted by Gasteiger charge is 2.43. The molecule has 2 aliphatic rings. The van der Waals surface area contributed by atoms with E-state index in [1.165, 1.54) is 28.0 Å². The summed E-state index contributed by atoms with van der Waals surface area (Å²) in [6, 6.07) is 13.7. The van der Waals surface area contributed by atoms with Gasteiger partial charge in [-0.3, -0.25) is 4.79 Å². The minimum absolute atomic E-state index is 0.0862. The first-order chi connectivity index (χ1) is 19.9. The van der Waals surface area contributed by atoms with E-state index in [0.29, 0.717) is 43.2 Å². The fourth-order valence-corrected chi connectivity index (χ4v) is 7.38. The van der Waals surface area contributed by atoms with E-state index in [1.807, 2.05) is 31.2 Å². The molecule has 12 heteroatoms. The molecule has 4 aromatic rings. The zero-order chi connectivity index (χ0) is 29.9. The van der Waals surface area contributed by atoms with Crippen molar-refractivity contribution in [2.24, 2.45) is 0 Å². The third-order valence-electron chi connectivity index (χ3n) is 7.70. The standard InChI is InChI=1S/C30H33ClN6O4S/c1-19-9-10-23(31)24(15-19)34-26-21(16-32-27-25(17-33-37(26)27)42(39,40)35-29(2,3)4)28(38)36-13-11-30(12-14-36)22-8-6-5-7-20(22)18-41-30/h5-10,15-17,34-35H,11-14,18H2,1-4H3. The average Bonchev–Trinajstić information content (AvgIpc) is 3.53. The van der Waals surface area contributed by atoms with Crippen LogP contribution in [0.1, 0.15) is 60.7 Å². The topological polar surface area (TPSA) is 118 Å². The Labute approximate surface area is 250 Å². The molecule has 1 amide bonds. The van der Waals surface area contributed by atoms with Crippen LogP contribution in [0.15, 0.2) is 59.8 Å². The largest absolute Gasteiger partial charge is 0.365 e. The lowest BCUT2D eigenvalue weighted by Crippen LogP contribution is -2.45. The van der Waals surface area contributed by atoms with Gasteiger partial charge in [0, 0.05) is 24.8 Å². The Kier molecular flexibility index (Phi) is 7.04. The molecule has 0 saturated carbocycles. The van der Waals surface area contributed by atoms with Crippen LogP contribution in [0.3, 0.4) is 0 Å². The Bertz CT molecular complexity index is 1810. The lowest BCUT2D eigenvalue weighted by atomic mass is 9.83. The molecule has 220 valence electrons. The van der Waals surface area contributed by atoms with Gasteiger partial charge in [-0.15, -0.1) is 0 Å². The normalized spacial score (nSPS) is 16.6. The molecule has 42 heavy (non-hydrogen) atoms. The molecule has 2 aliphatic heterocycles. The van der Waals surface area contributed by atoms with Gasteiger partial charge in [0.05, 0.1) is 29.1 Å². The summed E-state index contributed by atoms with van der Waals surface area (Å²) in [5.41, 5.74) is 3.13. The van der Waals surface area contributed by atoms with Crippen molar-refractivity contribution in [1.29, 1.82) is 0 Å². The van der Waals surface area contributed by atoms with Gasteiger partial charge in [-0.25, -0.2) is 18.1 Å². The van der Waals surface area contributed by atoms with Crippen molar-refractivity contribution in [1.82, 2.24) is 24.2 Å². The molecular weight excluding hydrogens is 576 g/mol. The number of fused-ring (bicyclic) bond motifs is 3. The quantitative estimate of drug-likeness (QED) is 0.321. The first-order valence-electron chi connectivity index (χ1n) is 13.8. The zero-order valence-corrected chi connectivity index (χ0v) is 25.5. The van der Waals surface area contributed by atoms with Crippen molar-refractivity contribution in [3.63, 3.8) is 0 Å². The Balaban J connectivity index is 1.38. The highest BCUT2D eigenvalue weighted by atomic mass is 35.5. The summed E-state index contributed by atoms with van der Waals surface area (Å²) in [7, 11) is -3.96. The van der Waals surface area contributed by atoms with Gasteiger partial charge in [0.15, 0.2) is 5.65 Å². The molecule has 2 aromatic heterocycles. The van der Waals surface area contributed by atoms with Crippen LogP contribution in [-0.4, -0.2) is 52.5 Å². The fraction of sp³-hybridized carbons (Fsp3) is 0.367. The number of carbonyl (C=O) groups is 1. The van der Waals surface area contributed by atoms with Gasteiger partial charge >= 0.3 is 0 Å². The number of aryl methyl sites for hydroxylation is 1. The number of anilines is 2. The first kappa shape index (κ1) is 28.6. The van der Waals surface area contributed by atoms with Gasteiger partial charge in [0.1, 0.15) is 16.3 Å². The summed E-state index contributed by atoms with van der Waals surface area (Å²) in [6.07, 6.45) is 3.99. The number of halogens is 1. The second-order valence-corrected chi connectivity index (χ2v) is 14.0. The summed E-state index contributed by atoms with van der Waals surface area (Å²) in [4.78, 5) is 20.2. The van der Waals surface area contributed by atoms with Crippen LogP contribution in [0.2, 0.25) is 5.02 Å². The SMILES string of the molecule is Cc1ccc(Cl)c(Nc2c(C(=O)N3CCC4(CC3)OCc3ccccc34)cnc3c(S(=O)(=O)NC(C)(C)C)cnn23)c1. The maximum absolute atomic E-state index is 14.0. The number of hydrogen-bond donors (Lipinski definition) is 2. The number of piperidine rings is 1. The fourth-order valence-electron chi connectivity index (χ4n) is 5.74. The van der Waals surface area contributed by atoms with Crippen LogP contribution in [0, 0.1) is 6.92 Å². The number of likely N-dealkylation sites (tertiary alicyclic amines) is 1. The first-order valence-corrected chi connectivity index (χ1v) is 15.7. The maximum atomic E-state index is 14.0. The lowest BCUT2D eigenvalue weighted by molar-refractivity contribution is -0.0741. The summed E-state index contributed by atoms with van der Waals surface area (Å²) >= 11 is 6.52. The predicted molar refractivity (Wildman–Crippen MR) is 161 cm³/mol. The molecule has 10 nitrogen and oxygen atoms in total. The minimum atomic E-state index is -3.96. The molecule has 0 bridgehead atoms. The number of aromatic nitrogens is 3. The Hall–Kier alpha value is -3.51. The smallest absolute Gasteiger partial charge is 0.259 e. The van der Waals surface area contributed by atoms with Crippen LogP contribution in [-0.2, 0) is 27.0 Å². The number of amides is 1. The average molecular weight is 609 g/mol. The molecule has 0 atom stereocenters. The van der Waals surface area contributed by atoms with E-state index in [0.717, 1.165) is 5.56 Å². The number of sulfonamides is 1. The Morgan fingerprint density at radius 1 is 1.10 bits per heavy atom. The highest BCUT2D eigenvalue weighted by molar-refractivity contribution is 7.89. The molecule has 0 radical (unpaired) electrons. The van der Waals surface area contributed by atoms with Gasteiger partial charge < -0.3 is 15.0 Å². The third kappa shape index (κ3) is 5.15. The molecular formula is C30H33ClN6O4S. The van der Waals surface area contributed by atoms with Gasteiger partial charge in [-0.2, -0.15) is 9.61 Å². The van der Waals surface area contributed by atoms with E-state index in [2.05, 4.69) is 32.3 Å². The van der Waals surface area contributed by atoms with Crippen molar-refractivity contribution in [2.75, 3.05) is 18.4 Å². The van der Waals surface area contributed by atoms with Crippen LogP contribution in [0.25, 0.3) is 5.65 Å². The number of nitrogens with zero attached hydrogens (tertiary/aromatic N) is 4. The number of ether oxygens (including phenoxy) is 1. The number of carbonyl (C=O) groups excluding carboxylic acids is 1. The summed E-state index contributed by atoms with van der Waals surface area (Å²) in [5.74, 6) is 0.0296. The van der Waals surface area contributed by atoms with Crippen LogP contribution in [0.4, 0.5) is 11.5 Å². The molecule has 1 fully saturated rings. The molecule has 0 unspecified atom stereocenters. The number of nitrogens with one attached hydrogen (secondary N) is 2. The highest BCUT2D eigenvalue weighted by Crippen LogP contribution is 2.44. The molecule has 4 heterocycles. The zero-order valence-electron chi connectivity index (χ0n) is 23.9. The van der Waals surface area contributed by atoms with Crippen LogP contribution < -0.4 is 10.0 Å². The van der Waals surface area contributed by atoms with E-state index in [-0.39, 0.29) is 27.8 Å². The third-order valence-corrected chi connectivity index (χ3v) is 9.78. The van der Waals surface area contributed by atoms with Crippen molar-refractivity contribution >= 4 is 44.7 Å². The van der Waals surface area contributed by atoms with E-state index in [9.17, 15) is 13.2 Å². The van der Waals surface area contributed by atoms with Crippen molar-refractivity contribution in [2.45, 2.75) is 63.2 Å². The predicted octanol–water partition coefficient (Wildman–Crippen LogP) is 5.17. The van der Waals surface area contributed by atoms with E-state index >= 15 is 0 Å². The van der Waals surface area contributed by atoms with Gasteiger partial charge in [0.25, 0.3) is 5.91 Å². The Morgan fingerprint density at radius 2 is 1.83 bits per heavy atom. The van der Waals surface area contributed by atoms with Crippen LogP contribution in [0.5, 0.6) is 0 Å². The van der Waals surface area contributed by atoms with E-state index in [1.54, 1.807) is 31.7 Å². The van der Waals surface area contributed by atoms with Crippen LogP contribution >= 0.6 is 11.6 Å². The van der Waals surface area contributed by atoms with Crippen molar-refractivity contribution in [3.8, 4) is 0 Å². The second-order valence-electron chi connectivity index (χ2n) is 12.0. The minimum Gasteiger partial charge on any atom is -0.365 e. The monoisotopic (exact) mass is 608 g/mol. The number of rotatable bonds is 5. The second kappa shape index (κ2) is 10.3. The molecule has 0 aliphatic carbocycles. The molecule has 6 rings (SSSR count). The van der Waals surface area contributed by atoms with Crippen molar-refractivity contribution < 1.29 is 17.9 Å². The van der Waals surface area contributed by atoms with Gasteiger partial charge in [-0.05, 0) is 69.4 Å². The summed E-state index contributed by atoms with van der Waals surface area (Å²) < 4.78 is 36.8. The van der Waals surface area contributed by atoms with E-state index in [4.69, 9.17) is 16.3 Å². The Morgan fingerprint density at radius 3 is 2.57 bits per heavy atom. The summed E-state index contributed by atoms with van der Waals surface area (Å²) in [5, 5.41) is 8.07. The number of benzene rings is 2.